The molecule has 1 unspecified atom stereocenters. The first kappa shape index (κ1) is 13.5. The van der Waals surface area contributed by atoms with Gasteiger partial charge in [-0.05, 0) is 30.9 Å². The van der Waals surface area contributed by atoms with Crippen molar-refractivity contribution in [3.8, 4) is 0 Å². The van der Waals surface area contributed by atoms with Crippen molar-refractivity contribution in [1.29, 1.82) is 0 Å². The number of nitrogens with one attached hydrogen (secondary N) is 1. The van der Waals surface area contributed by atoms with E-state index in [9.17, 15) is 9.59 Å². The Morgan fingerprint density at radius 1 is 1.25 bits per heavy atom. The SMILES string of the molecule is O=C(N[C@H]1CC[C@@H](C(=O)O)C1)C1CSc2ccccc21. The molecule has 1 saturated carbocycles. The van der Waals surface area contributed by atoms with Crippen LogP contribution in [0.1, 0.15) is 30.7 Å². The van der Waals surface area contributed by atoms with E-state index in [4.69, 9.17) is 5.11 Å². The third kappa shape index (κ3) is 2.54. The molecule has 4 nitrogen and oxygen atoms in total. The average Bonchev–Trinajstić information content (AvgIpc) is 3.04. The molecule has 5 heteroatoms. The number of benzene rings is 1. The molecule has 1 heterocycles. The number of hydrogen-bond donors (Lipinski definition) is 2. The largest absolute Gasteiger partial charge is 0.481 e. The fourth-order valence-corrected chi connectivity index (χ4v) is 4.25. The molecule has 106 valence electrons. The summed E-state index contributed by atoms with van der Waals surface area (Å²) in [6, 6.07) is 8.01. The second kappa shape index (κ2) is 5.48. The van der Waals surface area contributed by atoms with Gasteiger partial charge in [0.05, 0.1) is 11.8 Å². The van der Waals surface area contributed by atoms with E-state index in [1.165, 1.54) is 4.90 Å². The number of hydrogen-bond acceptors (Lipinski definition) is 3. The first-order valence-corrected chi connectivity index (χ1v) is 7.88. The summed E-state index contributed by atoms with van der Waals surface area (Å²) in [5.41, 5.74) is 1.10. The number of carbonyl (C=O) groups excluding carboxylic acids is 1. The normalized spacial score (nSPS) is 28.1. The molecule has 3 atom stereocenters. The first-order chi connectivity index (χ1) is 9.65. The molecule has 1 fully saturated rings. The number of rotatable bonds is 3. The molecule has 1 aromatic carbocycles. The van der Waals surface area contributed by atoms with Crippen molar-refractivity contribution >= 4 is 23.6 Å². The first-order valence-electron chi connectivity index (χ1n) is 6.90. The lowest BCUT2D eigenvalue weighted by atomic mass is 10.00. The van der Waals surface area contributed by atoms with E-state index in [0.29, 0.717) is 12.8 Å². The van der Waals surface area contributed by atoms with Crippen molar-refractivity contribution in [2.45, 2.75) is 36.1 Å². The predicted octanol–water partition coefficient (Wildman–Crippen LogP) is 2.25. The summed E-state index contributed by atoms with van der Waals surface area (Å²) >= 11 is 1.71. The standard InChI is InChI=1S/C15H17NO3S/c17-14(16-10-6-5-9(7-10)15(18)19)12-8-20-13-4-2-1-3-11(12)13/h1-4,9-10,12H,5-8H2,(H,16,17)(H,18,19)/t9-,10+,12?/m1/s1. The van der Waals surface area contributed by atoms with Gasteiger partial charge >= 0.3 is 5.97 Å². The Kier molecular flexibility index (Phi) is 3.70. The minimum Gasteiger partial charge on any atom is -0.481 e. The molecule has 0 aromatic heterocycles. The third-order valence-corrected chi connectivity index (χ3v) is 5.33. The maximum Gasteiger partial charge on any atom is 0.306 e. The topological polar surface area (TPSA) is 66.4 Å². The fraction of sp³-hybridized carbons (Fsp3) is 0.467. The van der Waals surface area contributed by atoms with Gasteiger partial charge in [-0.2, -0.15) is 0 Å². The van der Waals surface area contributed by atoms with Crippen LogP contribution < -0.4 is 5.32 Å². The summed E-state index contributed by atoms with van der Waals surface area (Å²) in [5.74, 6) is -0.326. The Labute approximate surface area is 121 Å². The highest BCUT2D eigenvalue weighted by Gasteiger charge is 2.34. The lowest BCUT2D eigenvalue weighted by Crippen LogP contribution is -2.37. The van der Waals surface area contributed by atoms with Crippen LogP contribution in [0.3, 0.4) is 0 Å². The predicted molar refractivity (Wildman–Crippen MR) is 76.8 cm³/mol. The smallest absolute Gasteiger partial charge is 0.306 e. The zero-order valence-electron chi connectivity index (χ0n) is 11.0. The van der Waals surface area contributed by atoms with Crippen LogP contribution in [0.5, 0.6) is 0 Å². The van der Waals surface area contributed by atoms with Crippen LogP contribution in [0, 0.1) is 5.92 Å². The molecule has 2 N–H and O–H groups in total. The monoisotopic (exact) mass is 291 g/mol. The number of amides is 1. The van der Waals surface area contributed by atoms with E-state index in [1.54, 1.807) is 11.8 Å². The molecule has 0 bridgehead atoms. The molecule has 0 radical (unpaired) electrons. The van der Waals surface area contributed by atoms with Crippen molar-refractivity contribution < 1.29 is 14.7 Å². The van der Waals surface area contributed by atoms with Gasteiger partial charge in [-0.3, -0.25) is 9.59 Å². The Bertz CT molecular complexity index is 546. The number of carbonyl (C=O) groups is 2. The quantitative estimate of drug-likeness (QED) is 0.896. The van der Waals surface area contributed by atoms with Crippen LogP contribution in [0.25, 0.3) is 0 Å². The maximum absolute atomic E-state index is 12.4. The van der Waals surface area contributed by atoms with E-state index >= 15 is 0 Å². The van der Waals surface area contributed by atoms with E-state index in [1.807, 2.05) is 24.3 Å². The minimum atomic E-state index is -0.747. The number of carboxylic acid groups (broad SMARTS) is 1. The van der Waals surface area contributed by atoms with Crippen molar-refractivity contribution in [1.82, 2.24) is 5.32 Å². The molecule has 1 aliphatic carbocycles. The van der Waals surface area contributed by atoms with Gasteiger partial charge < -0.3 is 10.4 Å². The van der Waals surface area contributed by atoms with Crippen LogP contribution in [-0.2, 0) is 9.59 Å². The third-order valence-electron chi connectivity index (χ3n) is 4.14. The van der Waals surface area contributed by atoms with Gasteiger partial charge in [0, 0.05) is 16.7 Å². The number of carboxylic acids is 1. The summed E-state index contributed by atoms with van der Waals surface area (Å²) in [5, 5.41) is 12.0. The van der Waals surface area contributed by atoms with Crippen LogP contribution in [0.15, 0.2) is 29.2 Å². The summed E-state index contributed by atoms with van der Waals surface area (Å²) in [6.07, 6.45) is 1.99. The molecule has 2 aliphatic rings. The Morgan fingerprint density at radius 3 is 2.80 bits per heavy atom. The van der Waals surface area contributed by atoms with E-state index in [2.05, 4.69) is 5.32 Å². The zero-order chi connectivity index (χ0) is 14.1. The summed E-state index contributed by atoms with van der Waals surface area (Å²) in [4.78, 5) is 24.5. The van der Waals surface area contributed by atoms with Crippen LogP contribution in [0.2, 0.25) is 0 Å². The van der Waals surface area contributed by atoms with Crippen LogP contribution in [-0.4, -0.2) is 28.8 Å². The molecule has 20 heavy (non-hydrogen) atoms. The highest BCUT2D eigenvalue weighted by atomic mass is 32.2. The number of fused-ring (bicyclic) bond motifs is 1. The van der Waals surface area contributed by atoms with Gasteiger partial charge in [0.2, 0.25) is 5.91 Å². The Morgan fingerprint density at radius 2 is 2.05 bits per heavy atom. The van der Waals surface area contributed by atoms with E-state index in [0.717, 1.165) is 17.7 Å². The molecule has 1 aromatic rings. The molecule has 1 amide bonds. The Balaban J connectivity index is 1.63. The second-order valence-corrected chi connectivity index (χ2v) is 6.52. The van der Waals surface area contributed by atoms with Gasteiger partial charge in [-0.15, -0.1) is 11.8 Å². The van der Waals surface area contributed by atoms with Crippen molar-refractivity contribution in [2.24, 2.45) is 5.92 Å². The van der Waals surface area contributed by atoms with E-state index < -0.39 is 5.97 Å². The van der Waals surface area contributed by atoms with Gasteiger partial charge in [0.25, 0.3) is 0 Å². The molecule has 0 spiro atoms. The van der Waals surface area contributed by atoms with Gasteiger partial charge in [0.15, 0.2) is 0 Å². The highest BCUT2D eigenvalue weighted by molar-refractivity contribution is 7.99. The van der Waals surface area contributed by atoms with Crippen LogP contribution in [0.4, 0.5) is 0 Å². The lowest BCUT2D eigenvalue weighted by molar-refractivity contribution is -0.141. The van der Waals surface area contributed by atoms with Crippen molar-refractivity contribution in [3.05, 3.63) is 29.8 Å². The zero-order valence-corrected chi connectivity index (χ0v) is 11.9. The van der Waals surface area contributed by atoms with Crippen molar-refractivity contribution in [2.75, 3.05) is 5.75 Å². The average molecular weight is 291 g/mol. The van der Waals surface area contributed by atoms with Gasteiger partial charge in [-0.1, -0.05) is 18.2 Å². The summed E-state index contributed by atoms with van der Waals surface area (Å²) in [7, 11) is 0. The summed E-state index contributed by atoms with van der Waals surface area (Å²) in [6.45, 7) is 0. The Hall–Kier alpha value is -1.49. The highest BCUT2D eigenvalue weighted by Crippen LogP contribution is 2.39. The molecular weight excluding hydrogens is 274 g/mol. The molecule has 0 saturated heterocycles. The molecule has 3 rings (SSSR count). The van der Waals surface area contributed by atoms with Gasteiger partial charge in [-0.25, -0.2) is 0 Å². The maximum atomic E-state index is 12.4. The van der Waals surface area contributed by atoms with Gasteiger partial charge in [0.1, 0.15) is 0 Å². The molecular formula is C15H17NO3S. The summed E-state index contributed by atoms with van der Waals surface area (Å²) < 4.78 is 0. The number of thioether (sulfide) groups is 1. The van der Waals surface area contributed by atoms with Crippen molar-refractivity contribution in [3.63, 3.8) is 0 Å². The number of aliphatic carboxylic acids is 1. The molecule has 1 aliphatic heterocycles. The van der Waals surface area contributed by atoms with Crippen LogP contribution >= 0.6 is 11.8 Å². The minimum absolute atomic E-state index is 0.0152. The van der Waals surface area contributed by atoms with E-state index in [-0.39, 0.29) is 23.8 Å². The second-order valence-electron chi connectivity index (χ2n) is 5.46. The lowest BCUT2D eigenvalue weighted by Gasteiger charge is -2.16. The fourth-order valence-electron chi connectivity index (χ4n) is 3.02.